The second kappa shape index (κ2) is 14.9. The summed E-state index contributed by atoms with van der Waals surface area (Å²) in [7, 11) is 0. The highest BCUT2D eigenvalue weighted by atomic mass is 16.5. The molecule has 0 atom stereocenters. The highest BCUT2D eigenvalue weighted by molar-refractivity contribution is 5.94. The summed E-state index contributed by atoms with van der Waals surface area (Å²) in [6.07, 6.45) is 8.37. The predicted molar refractivity (Wildman–Crippen MR) is 104 cm³/mol. The number of esters is 1. The highest BCUT2D eigenvalue weighted by Gasteiger charge is 2.07. The lowest BCUT2D eigenvalue weighted by Gasteiger charge is -2.03. The molecule has 0 amide bonds. The van der Waals surface area contributed by atoms with Gasteiger partial charge in [0, 0.05) is 12.2 Å². The lowest BCUT2D eigenvalue weighted by Crippen LogP contribution is -2.08. The normalized spacial score (nSPS) is 10.9. The van der Waals surface area contributed by atoms with Crippen LogP contribution in [0.4, 0.5) is 0 Å². The van der Waals surface area contributed by atoms with Gasteiger partial charge in [-0.2, -0.15) is 0 Å². The standard InChI is InChI=1S/C13H16O6.C8H8/c1-2-3-9-19-13(18)10(7-8-12(16)17)5-4-6-11(14)15;1-2-8-6-4-3-5-7-8/h4-8H,2-3,9H2,1H3,(H,14,15)(H,16,17);2-7H,1H2. The Hall–Kier alpha value is -3.41. The van der Waals surface area contributed by atoms with Gasteiger partial charge in [0.25, 0.3) is 0 Å². The molecule has 1 aromatic carbocycles. The number of carbonyl (C=O) groups is 3. The maximum atomic E-state index is 11.6. The van der Waals surface area contributed by atoms with Crippen LogP contribution in [0.2, 0.25) is 0 Å². The summed E-state index contributed by atoms with van der Waals surface area (Å²) in [4.78, 5) is 32.3. The van der Waals surface area contributed by atoms with E-state index >= 15 is 0 Å². The number of allylic oxidation sites excluding steroid dienone is 2. The van der Waals surface area contributed by atoms with Gasteiger partial charge in [-0.25, -0.2) is 14.4 Å². The van der Waals surface area contributed by atoms with Gasteiger partial charge < -0.3 is 14.9 Å². The summed E-state index contributed by atoms with van der Waals surface area (Å²) < 4.78 is 4.90. The van der Waals surface area contributed by atoms with Crippen molar-refractivity contribution >= 4 is 24.0 Å². The van der Waals surface area contributed by atoms with Crippen LogP contribution in [0.25, 0.3) is 6.08 Å². The zero-order valence-electron chi connectivity index (χ0n) is 15.2. The van der Waals surface area contributed by atoms with E-state index in [-0.39, 0.29) is 12.2 Å². The van der Waals surface area contributed by atoms with E-state index in [1.54, 1.807) is 0 Å². The van der Waals surface area contributed by atoms with Gasteiger partial charge in [0.05, 0.1) is 12.2 Å². The van der Waals surface area contributed by atoms with E-state index in [9.17, 15) is 14.4 Å². The number of ether oxygens (including phenoxy) is 1. The van der Waals surface area contributed by atoms with E-state index in [1.165, 1.54) is 11.6 Å². The second-order valence-electron chi connectivity index (χ2n) is 5.10. The first-order chi connectivity index (χ1) is 12.9. The third-order valence-corrected chi connectivity index (χ3v) is 2.92. The molecule has 6 heteroatoms. The molecule has 1 aromatic rings. The fraction of sp³-hybridized carbons (Fsp3) is 0.190. The van der Waals surface area contributed by atoms with Gasteiger partial charge in [-0.05, 0) is 24.1 Å². The Balaban J connectivity index is 0.000000694. The van der Waals surface area contributed by atoms with Gasteiger partial charge in [-0.1, -0.05) is 62.4 Å². The van der Waals surface area contributed by atoms with Crippen LogP contribution in [0.1, 0.15) is 25.3 Å². The van der Waals surface area contributed by atoms with E-state index in [1.807, 2.05) is 43.3 Å². The maximum absolute atomic E-state index is 11.6. The van der Waals surface area contributed by atoms with Gasteiger partial charge in [0.2, 0.25) is 0 Å². The second-order valence-corrected chi connectivity index (χ2v) is 5.10. The van der Waals surface area contributed by atoms with E-state index in [2.05, 4.69) is 6.58 Å². The van der Waals surface area contributed by atoms with Gasteiger partial charge in [-0.15, -0.1) is 0 Å². The van der Waals surface area contributed by atoms with E-state index in [0.29, 0.717) is 6.42 Å². The molecular formula is C21H24O6. The average molecular weight is 372 g/mol. The fourth-order valence-corrected chi connectivity index (χ4v) is 1.57. The maximum Gasteiger partial charge on any atom is 0.338 e. The summed E-state index contributed by atoms with van der Waals surface area (Å²) in [6.45, 7) is 5.80. The smallest absolute Gasteiger partial charge is 0.338 e. The minimum absolute atomic E-state index is 0.0315. The number of hydrogen-bond acceptors (Lipinski definition) is 4. The molecular weight excluding hydrogens is 348 g/mol. The molecule has 0 fully saturated rings. The SMILES string of the molecule is C=Cc1ccccc1.CCCCOC(=O)C(C=CC(=O)O)=CC=CC(=O)O. The predicted octanol–water partition coefficient (Wildman–Crippen LogP) is 3.87. The summed E-state index contributed by atoms with van der Waals surface area (Å²) >= 11 is 0. The van der Waals surface area contributed by atoms with Crippen LogP contribution in [0.3, 0.4) is 0 Å². The number of aliphatic carboxylic acids is 2. The summed E-state index contributed by atoms with van der Waals surface area (Å²) in [5, 5.41) is 16.9. The first-order valence-electron chi connectivity index (χ1n) is 8.27. The van der Waals surface area contributed by atoms with Crippen LogP contribution in [-0.2, 0) is 19.1 Å². The Morgan fingerprint density at radius 2 is 1.67 bits per heavy atom. The summed E-state index contributed by atoms with van der Waals surface area (Å²) in [5.41, 5.74) is 1.14. The Morgan fingerprint density at radius 1 is 1.04 bits per heavy atom. The van der Waals surface area contributed by atoms with Crippen molar-refractivity contribution in [3.05, 3.63) is 78.4 Å². The topological polar surface area (TPSA) is 101 Å². The van der Waals surface area contributed by atoms with Crippen molar-refractivity contribution in [1.82, 2.24) is 0 Å². The summed E-state index contributed by atoms with van der Waals surface area (Å²) in [6, 6.07) is 10.0. The van der Waals surface area contributed by atoms with E-state index < -0.39 is 17.9 Å². The molecule has 2 N–H and O–H groups in total. The van der Waals surface area contributed by atoms with Gasteiger partial charge in [-0.3, -0.25) is 0 Å². The van der Waals surface area contributed by atoms with E-state index in [0.717, 1.165) is 30.7 Å². The van der Waals surface area contributed by atoms with Crippen molar-refractivity contribution in [2.45, 2.75) is 19.8 Å². The molecule has 0 aliphatic heterocycles. The Bertz CT molecular complexity index is 699. The Kier molecular flexibility index (Phi) is 13.0. The van der Waals surface area contributed by atoms with Crippen LogP contribution in [0.15, 0.2) is 72.9 Å². The molecule has 0 radical (unpaired) electrons. The van der Waals surface area contributed by atoms with Crippen LogP contribution < -0.4 is 0 Å². The van der Waals surface area contributed by atoms with Crippen molar-refractivity contribution in [1.29, 1.82) is 0 Å². The molecule has 6 nitrogen and oxygen atoms in total. The third-order valence-electron chi connectivity index (χ3n) is 2.92. The molecule has 0 heterocycles. The molecule has 0 aliphatic carbocycles. The van der Waals surface area contributed by atoms with Crippen molar-refractivity contribution in [2.24, 2.45) is 0 Å². The number of unbranched alkanes of at least 4 members (excludes halogenated alkanes) is 1. The molecule has 0 unspecified atom stereocenters. The highest BCUT2D eigenvalue weighted by Crippen LogP contribution is 2.03. The molecule has 0 saturated carbocycles. The fourth-order valence-electron chi connectivity index (χ4n) is 1.57. The van der Waals surface area contributed by atoms with Gasteiger partial charge in [0.1, 0.15) is 0 Å². The number of hydrogen-bond donors (Lipinski definition) is 2. The Labute approximate surface area is 158 Å². The molecule has 27 heavy (non-hydrogen) atoms. The largest absolute Gasteiger partial charge is 0.478 e. The van der Waals surface area contributed by atoms with Crippen molar-refractivity contribution in [2.75, 3.05) is 6.61 Å². The van der Waals surface area contributed by atoms with Crippen molar-refractivity contribution in [3.63, 3.8) is 0 Å². The van der Waals surface area contributed by atoms with Crippen LogP contribution in [-0.4, -0.2) is 34.7 Å². The first-order valence-corrected chi connectivity index (χ1v) is 8.27. The number of carboxylic acids is 2. The third kappa shape index (κ3) is 13.5. The Morgan fingerprint density at radius 3 is 2.15 bits per heavy atom. The quantitative estimate of drug-likeness (QED) is 0.295. The first kappa shape index (κ1) is 23.6. The molecule has 0 aromatic heterocycles. The zero-order valence-corrected chi connectivity index (χ0v) is 15.2. The minimum Gasteiger partial charge on any atom is -0.478 e. The number of rotatable bonds is 9. The lowest BCUT2D eigenvalue weighted by atomic mass is 10.2. The van der Waals surface area contributed by atoms with Gasteiger partial charge >= 0.3 is 17.9 Å². The molecule has 0 spiro atoms. The summed E-state index contributed by atoms with van der Waals surface area (Å²) in [5.74, 6) is -3.08. The molecule has 1 rings (SSSR count). The zero-order chi connectivity index (χ0) is 20.5. The van der Waals surface area contributed by atoms with Gasteiger partial charge in [0.15, 0.2) is 0 Å². The van der Waals surface area contributed by atoms with Crippen molar-refractivity contribution in [3.8, 4) is 0 Å². The van der Waals surface area contributed by atoms with Crippen LogP contribution in [0, 0.1) is 0 Å². The average Bonchev–Trinajstić information content (AvgIpc) is 2.65. The number of carboxylic acid groups (broad SMARTS) is 2. The van der Waals surface area contributed by atoms with Crippen LogP contribution >= 0.6 is 0 Å². The molecule has 0 aliphatic rings. The van der Waals surface area contributed by atoms with Crippen molar-refractivity contribution < 1.29 is 29.3 Å². The van der Waals surface area contributed by atoms with E-state index in [4.69, 9.17) is 14.9 Å². The molecule has 0 saturated heterocycles. The number of carbonyl (C=O) groups excluding carboxylic acids is 1. The minimum atomic E-state index is -1.21. The molecule has 0 bridgehead atoms. The lowest BCUT2D eigenvalue weighted by molar-refractivity contribution is -0.138. The number of benzene rings is 1. The monoisotopic (exact) mass is 372 g/mol. The van der Waals surface area contributed by atoms with Crippen LogP contribution in [0.5, 0.6) is 0 Å². The molecule has 144 valence electrons.